The fourth-order valence-electron chi connectivity index (χ4n) is 1.50. The molecule has 2 rings (SSSR count). The summed E-state index contributed by atoms with van der Waals surface area (Å²) in [6.07, 6.45) is 2.91. The number of thioether (sulfide) groups is 1. The van der Waals surface area contributed by atoms with E-state index in [2.05, 4.69) is 4.98 Å². The molecule has 1 aromatic carbocycles. The number of rotatable bonds is 4. The molecule has 0 amide bonds. The molecule has 1 heterocycles. The Hall–Kier alpha value is -0.970. The second-order valence-electron chi connectivity index (χ2n) is 3.65. The summed E-state index contributed by atoms with van der Waals surface area (Å²) < 4.78 is 1.82. The fraction of sp³-hybridized carbons (Fsp3) is 0.250. The summed E-state index contributed by atoms with van der Waals surface area (Å²) >= 11 is 7.57. The molecule has 90 valence electrons. The molecule has 0 aliphatic carbocycles. The zero-order valence-electron chi connectivity index (χ0n) is 9.38. The monoisotopic (exact) mass is 268 g/mol. The average Bonchev–Trinajstić information content (AvgIpc) is 2.74. The van der Waals surface area contributed by atoms with Crippen molar-refractivity contribution in [3.8, 4) is 0 Å². The summed E-state index contributed by atoms with van der Waals surface area (Å²) in [5.74, 6) is 1.21. The first-order valence-electron chi connectivity index (χ1n) is 5.21. The number of aliphatic hydroxyl groups excluding tert-OH is 1. The van der Waals surface area contributed by atoms with Crippen LogP contribution in [0.2, 0.25) is 5.02 Å². The first-order chi connectivity index (χ1) is 8.18. The molecule has 0 aliphatic heterocycles. The van der Waals surface area contributed by atoms with Gasteiger partial charge in [-0.25, -0.2) is 4.98 Å². The summed E-state index contributed by atoms with van der Waals surface area (Å²) in [5, 5.41) is 10.7. The minimum Gasteiger partial charge on any atom is -0.384 e. The molecular weight excluding hydrogens is 256 g/mol. The molecule has 1 N–H and O–H groups in total. The first-order valence-corrected chi connectivity index (χ1v) is 6.57. The van der Waals surface area contributed by atoms with Gasteiger partial charge in [0.25, 0.3) is 0 Å². The van der Waals surface area contributed by atoms with Crippen LogP contribution in [-0.2, 0) is 7.05 Å². The number of halogens is 1. The Morgan fingerprint density at radius 3 is 2.88 bits per heavy atom. The highest BCUT2D eigenvalue weighted by molar-refractivity contribution is 7.99. The Kier molecular flexibility index (Phi) is 4.10. The minimum atomic E-state index is -0.587. The molecule has 0 saturated carbocycles. The van der Waals surface area contributed by atoms with E-state index in [0.717, 1.165) is 4.90 Å². The smallest absolute Gasteiger partial charge is 0.138 e. The largest absolute Gasteiger partial charge is 0.384 e. The molecule has 0 bridgehead atoms. The number of nitrogens with zero attached hydrogens (tertiary/aromatic N) is 2. The van der Waals surface area contributed by atoms with Gasteiger partial charge >= 0.3 is 0 Å². The van der Waals surface area contributed by atoms with Gasteiger partial charge in [-0.15, -0.1) is 11.8 Å². The number of benzene rings is 1. The molecule has 17 heavy (non-hydrogen) atoms. The predicted molar refractivity (Wildman–Crippen MR) is 70.3 cm³/mol. The van der Waals surface area contributed by atoms with Crippen molar-refractivity contribution in [3.05, 3.63) is 47.5 Å². The van der Waals surface area contributed by atoms with E-state index in [9.17, 15) is 5.11 Å². The molecule has 2 aromatic rings. The Bertz CT molecular complexity index is 501. The molecule has 1 unspecified atom stereocenters. The number of aromatic nitrogens is 2. The molecule has 1 aromatic heterocycles. The van der Waals surface area contributed by atoms with Crippen LogP contribution < -0.4 is 0 Å². The van der Waals surface area contributed by atoms with Crippen LogP contribution in [-0.4, -0.2) is 20.4 Å². The molecule has 0 aliphatic rings. The van der Waals surface area contributed by atoms with Crippen LogP contribution in [0.15, 0.2) is 41.6 Å². The van der Waals surface area contributed by atoms with Gasteiger partial charge in [-0.3, -0.25) is 0 Å². The third kappa shape index (κ3) is 3.03. The number of imidazole rings is 1. The van der Waals surface area contributed by atoms with Gasteiger partial charge in [-0.2, -0.15) is 0 Å². The van der Waals surface area contributed by atoms with Gasteiger partial charge in [0.1, 0.15) is 11.9 Å². The second kappa shape index (κ2) is 5.58. The molecular formula is C12H13ClN2OS. The van der Waals surface area contributed by atoms with E-state index in [0.29, 0.717) is 16.6 Å². The lowest BCUT2D eigenvalue weighted by Gasteiger charge is -2.10. The number of aryl methyl sites for hydroxylation is 1. The van der Waals surface area contributed by atoms with Gasteiger partial charge in [0.2, 0.25) is 0 Å². The van der Waals surface area contributed by atoms with Crippen molar-refractivity contribution in [2.45, 2.75) is 11.0 Å². The lowest BCUT2D eigenvalue weighted by Crippen LogP contribution is -2.07. The van der Waals surface area contributed by atoms with Crippen molar-refractivity contribution >= 4 is 23.4 Å². The Labute approximate surface area is 109 Å². The predicted octanol–water partition coefficient (Wildman–Crippen LogP) is 2.90. The lowest BCUT2D eigenvalue weighted by atomic mass is 10.4. The van der Waals surface area contributed by atoms with Gasteiger partial charge in [-0.05, 0) is 12.1 Å². The summed E-state index contributed by atoms with van der Waals surface area (Å²) in [6.45, 7) is 0. The molecule has 0 radical (unpaired) electrons. The van der Waals surface area contributed by atoms with Crippen molar-refractivity contribution in [2.75, 3.05) is 5.75 Å². The Morgan fingerprint density at radius 2 is 2.24 bits per heavy atom. The topological polar surface area (TPSA) is 38.0 Å². The summed E-state index contributed by atoms with van der Waals surface area (Å²) in [5.41, 5.74) is 0. The maximum absolute atomic E-state index is 10.00. The Balaban J connectivity index is 2.00. The molecule has 3 nitrogen and oxygen atoms in total. The highest BCUT2D eigenvalue weighted by Crippen LogP contribution is 2.29. The summed E-state index contributed by atoms with van der Waals surface area (Å²) in [6, 6.07) is 7.61. The summed E-state index contributed by atoms with van der Waals surface area (Å²) in [7, 11) is 1.87. The van der Waals surface area contributed by atoms with Crippen molar-refractivity contribution in [1.29, 1.82) is 0 Å². The van der Waals surface area contributed by atoms with Crippen LogP contribution in [0.3, 0.4) is 0 Å². The van der Waals surface area contributed by atoms with E-state index < -0.39 is 6.10 Å². The number of hydrogen-bond acceptors (Lipinski definition) is 3. The van der Waals surface area contributed by atoms with Crippen molar-refractivity contribution in [3.63, 3.8) is 0 Å². The highest BCUT2D eigenvalue weighted by Gasteiger charge is 2.13. The van der Waals surface area contributed by atoms with E-state index in [-0.39, 0.29) is 0 Å². The quantitative estimate of drug-likeness (QED) is 0.867. The zero-order chi connectivity index (χ0) is 12.3. The van der Waals surface area contributed by atoms with Gasteiger partial charge < -0.3 is 9.67 Å². The van der Waals surface area contributed by atoms with Gasteiger partial charge in [0, 0.05) is 30.1 Å². The SMILES string of the molecule is Cn1ccnc1C(O)CSc1ccccc1Cl. The maximum atomic E-state index is 10.00. The van der Waals surface area contributed by atoms with E-state index in [1.54, 1.807) is 6.20 Å². The normalized spacial score (nSPS) is 12.6. The average molecular weight is 269 g/mol. The first kappa shape index (κ1) is 12.5. The molecule has 0 saturated heterocycles. The van der Waals surface area contributed by atoms with Gasteiger partial charge in [-0.1, -0.05) is 23.7 Å². The van der Waals surface area contributed by atoms with Crippen LogP contribution in [0.5, 0.6) is 0 Å². The minimum absolute atomic E-state index is 0.536. The molecule has 0 spiro atoms. The van der Waals surface area contributed by atoms with Gasteiger partial charge in [0.15, 0.2) is 0 Å². The third-order valence-corrected chi connectivity index (χ3v) is 3.98. The second-order valence-corrected chi connectivity index (χ2v) is 5.12. The van der Waals surface area contributed by atoms with Crippen LogP contribution in [0, 0.1) is 0 Å². The van der Waals surface area contributed by atoms with E-state index >= 15 is 0 Å². The molecule has 5 heteroatoms. The van der Waals surface area contributed by atoms with Crippen LogP contribution >= 0.6 is 23.4 Å². The van der Waals surface area contributed by atoms with E-state index in [1.807, 2.05) is 42.1 Å². The molecule has 0 fully saturated rings. The number of aliphatic hydroxyl groups is 1. The standard InChI is InChI=1S/C12H13ClN2OS/c1-15-7-6-14-12(15)10(16)8-17-11-5-3-2-4-9(11)13/h2-7,10,16H,8H2,1H3. The lowest BCUT2D eigenvalue weighted by molar-refractivity contribution is 0.190. The highest BCUT2D eigenvalue weighted by atomic mass is 35.5. The van der Waals surface area contributed by atoms with E-state index in [1.165, 1.54) is 11.8 Å². The van der Waals surface area contributed by atoms with Crippen LogP contribution in [0.1, 0.15) is 11.9 Å². The third-order valence-electron chi connectivity index (χ3n) is 2.39. The van der Waals surface area contributed by atoms with Crippen LogP contribution in [0.25, 0.3) is 0 Å². The Morgan fingerprint density at radius 1 is 1.47 bits per heavy atom. The summed E-state index contributed by atoms with van der Waals surface area (Å²) in [4.78, 5) is 5.09. The number of hydrogen-bond donors (Lipinski definition) is 1. The molecule has 1 atom stereocenters. The van der Waals surface area contributed by atoms with Gasteiger partial charge in [0.05, 0.1) is 5.02 Å². The van der Waals surface area contributed by atoms with Crippen molar-refractivity contribution in [1.82, 2.24) is 9.55 Å². The van der Waals surface area contributed by atoms with Crippen molar-refractivity contribution < 1.29 is 5.11 Å². The zero-order valence-corrected chi connectivity index (χ0v) is 10.9. The van der Waals surface area contributed by atoms with Crippen molar-refractivity contribution in [2.24, 2.45) is 7.05 Å². The van der Waals surface area contributed by atoms with E-state index in [4.69, 9.17) is 11.6 Å². The maximum Gasteiger partial charge on any atom is 0.138 e. The fourth-order valence-corrected chi connectivity index (χ4v) is 2.67. The van der Waals surface area contributed by atoms with Crippen LogP contribution in [0.4, 0.5) is 0 Å².